The zero-order valence-electron chi connectivity index (χ0n) is 13.1. The molecule has 0 spiro atoms. The Morgan fingerprint density at radius 2 is 1.89 bits per heavy atom. The van der Waals surface area contributed by atoms with Gasteiger partial charge < -0.3 is 4.74 Å². The molecule has 0 radical (unpaired) electrons. The number of hydrogen-bond acceptors (Lipinski definition) is 3. The molecule has 2 unspecified atom stereocenters. The number of rotatable bonds is 5. The van der Waals surface area contributed by atoms with Crippen molar-refractivity contribution in [3.8, 4) is 0 Å². The summed E-state index contributed by atoms with van der Waals surface area (Å²) in [5.74, 6) is 5.75. The summed E-state index contributed by atoms with van der Waals surface area (Å²) >= 11 is 0. The lowest BCUT2D eigenvalue weighted by atomic mass is 9.82. The van der Waals surface area contributed by atoms with Gasteiger partial charge in [-0.15, -0.1) is 0 Å². The molecule has 0 bridgehead atoms. The van der Waals surface area contributed by atoms with Crippen LogP contribution in [0.15, 0.2) is 18.2 Å². The monoisotopic (exact) mass is 264 g/mol. The van der Waals surface area contributed by atoms with Gasteiger partial charge in [0.05, 0.1) is 12.1 Å². The van der Waals surface area contributed by atoms with Crippen LogP contribution in [0, 0.1) is 19.3 Å². The number of ether oxygens (including phenoxy) is 1. The highest BCUT2D eigenvalue weighted by Crippen LogP contribution is 2.26. The summed E-state index contributed by atoms with van der Waals surface area (Å²) in [6, 6.07) is 6.64. The number of nitrogens with one attached hydrogen (secondary N) is 1. The molecule has 0 aliphatic heterocycles. The van der Waals surface area contributed by atoms with E-state index in [1.807, 2.05) is 0 Å². The average Bonchev–Trinajstić information content (AvgIpc) is 2.31. The number of nitrogens with two attached hydrogens (primary N) is 1. The van der Waals surface area contributed by atoms with Crippen LogP contribution in [0.1, 0.15) is 37.5 Å². The van der Waals surface area contributed by atoms with E-state index in [9.17, 15) is 0 Å². The van der Waals surface area contributed by atoms with E-state index in [1.165, 1.54) is 16.7 Å². The predicted octanol–water partition coefficient (Wildman–Crippen LogP) is 2.74. The number of hydrogen-bond donors (Lipinski definition) is 2. The topological polar surface area (TPSA) is 47.3 Å². The summed E-state index contributed by atoms with van der Waals surface area (Å²) in [6.45, 7) is 10.8. The normalized spacial score (nSPS) is 15.3. The minimum absolute atomic E-state index is 0.0452. The first-order valence-corrected chi connectivity index (χ1v) is 6.84. The Bertz CT molecular complexity index is 410. The van der Waals surface area contributed by atoms with E-state index in [0.29, 0.717) is 0 Å². The Hall–Kier alpha value is -0.900. The van der Waals surface area contributed by atoms with Gasteiger partial charge in [-0.3, -0.25) is 11.3 Å². The van der Waals surface area contributed by atoms with Gasteiger partial charge in [0.15, 0.2) is 0 Å². The predicted molar refractivity (Wildman–Crippen MR) is 81.0 cm³/mol. The molecule has 0 heterocycles. The summed E-state index contributed by atoms with van der Waals surface area (Å²) in [5.41, 5.74) is 6.88. The zero-order chi connectivity index (χ0) is 14.6. The number of benzene rings is 1. The maximum Gasteiger partial charge on any atom is 0.0789 e. The first kappa shape index (κ1) is 16.2. The third-order valence-corrected chi connectivity index (χ3v) is 3.63. The number of methoxy groups -OCH3 is 1. The third-order valence-electron chi connectivity index (χ3n) is 3.63. The summed E-state index contributed by atoms with van der Waals surface area (Å²) in [4.78, 5) is 0. The molecule has 0 aromatic heterocycles. The van der Waals surface area contributed by atoms with Crippen molar-refractivity contribution < 1.29 is 4.74 Å². The minimum atomic E-state index is 0.0452. The highest BCUT2D eigenvalue weighted by Gasteiger charge is 2.32. The van der Waals surface area contributed by atoms with Crippen molar-refractivity contribution in [1.29, 1.82) is 0 Å². The van der Waals surface area contributed by atoms with Crippen molar-refractivity contribution in [2.75, 3.05) is 7.11 Å². The molecular weight excluding hydrogens is 236 g/mol. The van der Waals surface area contributed by atoms with E-state index in [4.69, 9.17) is 10.6 Å². The summed E-state index contributed by atoms with van der Waals surface area (Å²) in [6.07, 6.45) is 0.942. The molecule has 2 atom stereocenters. The lowest BCUT2D eigenvalue weighted by Gasteiger charge is -2.36. The highest BCUT2D eigenvalue weighted by molar-refractivity contribution is 5.31. The molecule has 1 aromatic carbocycles. The molecule has 0 saturated heterocycles. The van der Waals surface area contributed by atoms with Crippen LogP contribution in [0.2, 0.25) is 0 Å². The SMILES string of the molecule is COC(C(Cc1cc(C)ccc1C)NN)C(C)(C)C. The fourth-order valence-corrected chi connectivity index (χ4v) is 2.63. The van der Waals surface area contributed by atoms with Crippen molar-refractivity contribution in [3.05, 3.63) is 34.9 Å². The fourth-order valence-electron chi connectivity index (χ4n) is 2.63. The Morgan fingerprint density at radius 1 is 1.26 bits per heavy atom. The van der Waals surface area contributed by atoms with E-state index in [2.05, 4.69) is 58.2 Å². The second-order valence-corrected chi connectivity index (χ2v) is 6.43. The molecule has 0 aliphatic carbocycles. The van der Waals surface area contributed by atoms with Gasteiger partial charge in [-0.1, -0.05) is 44.5 Å². The molecule has 3 heteroatoms. The molecule has 0 fully saturated rings. The average molecular weight is 264 g/mol. The van der Waals surface area contributed by atoms with Crippen LogP contribution in [-0.4, -0.2) is 19.3 Å². The van der Waals surface area contributed by atoms with Crippen LogP contribution < -0.4 is 11.3 Å². The second-order valence-electron chi connectivity index (χ2n) is 6.43. The van der Waals surface area contributed by atoms with Gasteiger partial charge in [-0.2, -0.15) is 0 Å². The largest absolute Gasteiger partial charge is 0.379 e. The molecule has 108 valence electrons. The first-order valence-electron chi connectivity index (χ1n) is 6.84. The van der Waals surface area contributed by atoms with Crippen LogP contribution in [-0.2, 0) is 11.2 Å². The zero-order valence-corrected chi connectivity index (χ0v) is 13.1. The first-order chi connectivity index (χ1) is 8.79. The van der Waals surface area contributed by atoms with Gasteiger partial charge in [0, 0.05) is 7.11 Å². The molecule has 3 nitrogen and oxygen atoms in total. The molecule has 3 N–H and O–H groups in total. The summed E-state index contributed by atoms with van der Waals surface area (Å²) in [5, 5.41) is 0. The van der Waals surface area contributed by atoms with Crippen LogP contribution in [0.5, 0.6) is 0 Å². The van der Waals surface area contributed by atoms with Crippen molar-refractivity contribution in [2.24, 2.45) is 11.3 Å². The van der Waals surface area contributed by atoms with Crippen molar-refractivity contribution in [2.45, 2.75) is 53.2 Å². The van der Waals surface area contributed by atoms with E-state index >= 15 is 0 Å². The third kappa shape index (κ3) is 4.30. The maximum absolute atomic E-state index is 5.75. The van der Waals surface area contributed by atoms with Gasteiger partial charge in [0.1, 0.15) is 0 Å². The lowest BCUT2D eigenvalue weighted by Crippen LogP contribution is -2.51. The lowest BCUT2D eigenvalue weighted by molar-refractivity contribution is -0.0110. The quantitative estimate of drug-likeness (QED) is 0.635. The molecule has 0 saturated carbocycles. The molecule has 1 aromatic rings. The minimum Gasteiger partial charge on any atom is -0.379 e. The molecule has 1 rings (SSSR count). The van der Waals surface area contributed by atoms with Crippen LogP contribution in [0.4, 0.5) is 0 Å². The number of aryl methyl sites for hydroxylation is 2. The van der Waals surface area contributed by atoms with Crippen LogP contribution in [0.3, 0.4) is 0 Å². The fraction of sp³-hybridized carbons (Fsp3) is 0.625. The van der Waals surface area contributed by atoms with Gasteiger partial charge in [-0.05, 0) is 36.8 Å². The van der Waals surface area contributed by atoms with E-state index < -0.39 is 0 Å². The Balaban J connectivity index is 2.95. The Kier molecular flexibility index (Phi) is 5.53. The van der Waals surface area contributed by atoms with E-state index in [0.717, 1.165) is 6.42 Å². The van der Waals surface area contributed by atoms with Gasteiger partial charge in [0.25, 0.3) is 0 Å². The Labute approximate surface area is 117 Å². The summed E-state index contributed by atoms with van der Waals surface area (Å²) in [7, 11) is 1.75. The summed E-state index contributed by atoms with van der Waals surface area (Å²) < 4.78 is 5.67. The van der Waals surface area contributed by atoms with Gasteiger partial charge in [0.2, 0.25) is 0 Å². The smallest absolute Gasteiger partial charge is 0.0789 e. The van der Waals surface area contributed by atoms with Crippen molar-refractivity contribution in [3.63, 3.8) is 0 Å². The molecule has 0 aliphatic rings. The highest BCUT2D eigenvalue weighted by atomic mass is 16.5. The second kappa shape index (κ2) is 6.51. The van der Waals surface area contributed by atoms with E-state index in [1.54, 1.807) is 7.11 Å². The number of hydrazine groups is 1. The standard InChI is InChI=1S/C16H28N2O/c1-11-7-8-12(2)13(9-11)10-14(18-17)15(19-6)16(3,4)5/h7-9,14-15,18H,10,17H2,1-6H3. The molecule has 0 amide bonds. The van der Waals surface area contributed by atoms with Crippen LogP contribution in [0.25, 0.3) is 0 Å². The Morgan fingerprint density at radius 3 is 2.37 bits per heavy atom. The maximum atomic E-state index is 5.75. The van der Waals surface area contributed by atoms with Crippen LogP contribution >= 0.6 is 0 Å². The van der Waals surface area contributed by atoms with Gasteiger partial charge >= 0.3 is 0 Å². The van der Waals surface area contributed by atoms with E-state index in [-0.39, 0.29) is 17.6 Å². The molecule has 19 heavy (non-hydrogen) atoms. The van der Waals surface area contributed by atoms with Gasteiger partial charge in [-0.25, -0.2) is 0 Å². The molecular formula is C16H28N2O. The van der Waals surface area contributed by atoms with Crippen molar-refractivity contribution >= 4 is 0 Å². The van der Waals surface area contributed by atoms with Crippen molar-refractivity contribution in [1.82, 2.24) is 5.43 Å².